The number of nitrogens with zero attached hydrogens (tertiary/aromatic N) is 1. The van der Waals surface area contributed by atoms with E-state index < -0.39 is 16.1 Å². The molecule has 3 aromatic rings. The van der Waals surface area contributed by atoms with Crippen LogP contribution in [0.1, 0.15) is 30.4 Å². The van der Waals surface area contributed by atoms with E-state index in [4.69, 9.17) is 16.3 Å². The fraction of sp³-hybridized carbons (Fsp3) is 0.320. The molecule has 1 saturated heterocycles. The predicted octanol–water partition coefficient (Wildman–Crippen LogP) is 5.02. The van der Waals surface area contributed by atoms with Crippen molar-refractivity contribution in [3.8, 4) is 5.75 Å². The van der Waals surface area contributed by atoms with Crippen molar-refractivity contribution in [3.63, 3.8) is 0 Å². The molecule has 2 heterocycles. The predicted molar refractivity (Wildman–Crippen MR) is 135 cm³/mol. The van der Waals surface area contributed by atoms with Gasteiger partial charge < -0.3 is 10.1 Å². The highest BCUT2D eigenvalue weighted by Gasteiger charge is 2.37. The summed E-state index contributed by atoms with van der Waals surface area (Å²) < 4.78 is 48.6. The summed E-state index contributed by atoms with van der Waals surface area (Å²) in [6.07, 6.45) is 2.37. The molecule has 1 amide bonds. The van der Waals surface area contributed by atoms with Gasteiger partial charge in [0.25, 0.3) is 10.0 Å². The third-order valence-corrected chi connectivity index (χ3v) is 9.35. The second-order valence-electron chi connectivity index (χ2n) is 8.25. The van der Waals surface area contributed by atoms with Crippen LogP contribution in [0.15, 0.2) is 64.9 Å². The Labute approximate surface area is 213 Å². The van der Waals surface area contributed by atoms with Crippen molar-refractivity contribution in [2.75, 3.05) is 13.2 Å². The van der Waals surface area contributed by atoms with Gasteiger partial charge in [-0.3, -0.25) is 4.79 Å². The fourth-order valence-corrected chi connectivity index (χ4v) is 7.22. The summed E-state index contributed by atoms with van der Waals surface area (Å²) in [5.41, 5.74) is 1.24. The number of halogens is 2. The van der Waals surface area contributed by atoms with E-state index in [1.807, 2.05) is 0 Å². The van der Waals surface area contributed by atoms with Crippen LogP contribution in [0.25, 0.3) is 0 Å². The van der Waals surface area contributed by atoms with Gasteiger partial charge in [-0.15, -0.1) is 11.3 Å². The summed E-state index contributed by atoms with van der Waals surface area (Å²) in [5.74, 6) is -0.0345. The Kier molecular flexibility index (Phi) is 8.43. The van der Waals surface area contributed by atoms with E-state index in [9.17, 15) is 17.6 Å². The number of ether oxygens (including phenoxy) is 1. The highest BCUT2D eigenvalue weighted by molar-refractivity contribution is 7.91. The van der Waals surface area contributed by atoms with Crippen LogP contribution in [0, 0.1) is 5.82 Å². The number of hydrogen-bond donors (Lipinski definition) is 1. The molecule has 10 heteroatoms. The first-order valence-electron chi connectivity index (χ1n) is 11.3. The molecule has 1 atom stereocenters. The van der Waals surface area contributed by atoms with Gasteiger partial charge in [-0.25, -0.2) is 12.8 Å². The largest absolute Gasteiger partial charge is 0.493 e. The summed E-state index contributed by atoms with van der Waals surface area (Å²) in [6, 6.07) is 15.8. The second-order valence-corrected chi connectivity index (χ2v) is 12.1. The quantitative estimate of drug-likeness (QED) is 0.416. The maximum Gasteiger partial charge on any atom is 0.253 e. The summed E-state index contributed by atoms with van der Waals surface area (Å²) in [6.45, 7) is 0.797. The third-order valence-electron chi connectivity index (χ3n) is 5.80. The highest BCUT2D eigenvalue weighted by Crippen LogP contribution is 2.32. The zero-order chi connectivity index (χ0) is 24.8. The van der Waals surface area contributed by atoms with Crippen molar-refractivity contribution in [1.29, 1.82) is 0 Å². The van der Waals surface area contributed by atoms with Gasteiger partial charge in [-0.05, 0) is 60.7 Å². The van der Waals surface area contributed by atoms with E-state index in [1.54, 1.807) is 42.5 Å². The maximum absolute atomic E-state index is 13.9. The number of carbonyl (C=O) groups is 1. The lowest BCUT2D eigenvalue weighted by Crippen LogP contribution is -2.48. The van der Waals surface area contributed by atoms with Crippen molar-refractivity contribution < 1.29 is 22.3 Å². The van der Waals surface area contributed by atoms with Crippen LogP contribution in [-0.4, -0.2) is 37.8 Å². The van der Waals surface area contributed by atoms with E-state index in [0.29, 0.717) is 40.6 Å². The number of nitrogens with one attached hydrogen (secondary N) is 1. The summed E-state index contributed by atoms with van der Waals surface area (Å²) >= 11 is 6.98. The van der Waals surface area contributed by atoms with Gasteiger partial charge in [0.15, 0.2) is 0 Å². The Balaban J connectivity index is 1.55. The number of thiophene rings is 1. The summed E-state index contributed by atoms with van der Waals surface area (Å²) in [7, 11) is -3.97. The van der Waals surface area contributed by atoms with E-state index >= 15 is 0 Å². The zero-order valence-corrected chi connectivity index (χ0v) is 21.3. The molecule has 0 unspecified atom stereocenters. The Morgan fingerprint density at radius 1 is 1.11 bits per heavy atom. The third kappa shape index (κ3) is 6.41. The molecule has 186 valence electrons. The topological polar surface area (TPSA) is 75.7 Å². The molecule has 0 bridgehead atoms. The number of amides is 1. The number of hydrogen-bond acceptors (Lipinski definition) is 5. The summed E-state index contributed by atoms with van der Waals surface area (Å²) in [5, 5.41) is 2.83. The molecule has 6 nitrogen and oxygen atoms in total. The molecule has 35 heavy (non-hydrogen) atoms. The Bertz CT molecular complexity index is 1280. The molecule has 4 rings (SSSR count). The van der Waals surface area contributed by atoms with Crippen LogP contribution in [0.5, 0.6) is 5.75 Å². The smallest absolute Gasteiger partial charge is 0.253 e. The van der Waals surface area contributed by atoms with Crippen molar-refractivity contribution in [2.45, 2.75) is 42.5 Å². The van der Waals surface area contributed by atoms with Gasteiger partial charge >= 0.3 is 0 Å². The minimum Gasteiger partial charge on any atom is -0.493 e. The monoisotopic (exact) mass is 536 g/mol. The van der Waals surface area contributed by atoms with Crippen LogP contribution in [0.4, 0.5) is 4.39 Å². The van der Waals surface area contributed by atoms with Crippen molar-refractivity contribution in [2.24, 2.45) is 0 Å². The minimum atomic E-state index is -3.97. The molecule has 0 saturated carbocycles. The minimum absolute atomic E-state index is 0.000449. The SMILES string of the molecule is O=C1NCCCC[C@@H]1N(Cc1cccc(OCCc2ccccc2F)c1)S(=O)(=O)c1ccc(Cl)s1. The molecule has 1 N–H and O–H groups in total. The van der Waals surface area contributed by atoms with Gasteiger partial charge in [0.2, 0.25) is 5.91 Å². The Morgan fingerprint density at radius 3 is 2.71 bits per heavy atom. The maximum atomic E-state index is 13.9. The van der Waals surface area contributed by atoms with E-state index in [2.05, 4.69) is 5.32 Å². The lowest BCUT2D eigenvalue weighted by molar-refractivity contribution is -0.124. The second kappa shape index (κ2) is 11.5. The molecule has 1 aliphatic heterocycles. The number of carbonyl (C=O) groups excluding carboxylic acids is 1. The van der Waals surface area contributed by atoms with Crippen molar-refractivity contribution >= 4 is 38.9 Å². The molecule has 2 aromatic carbocycles. The molecule has 0 radical (unpaired) electrons. The normalized spacial score (nSPS) is 16.7. The molecule has 0 spiro atoms. The van der Waals surface area contributed by atoms with Gasteiger partial charge in [0, 0.05) is 19.5 Å². The van der Waals surface area contributed by atoms with Crippen LogP contribution in [-0.2, 0) is 27.8 Å². The lowest BCUT2D eigenvalue weighted by Gasteiger charge is -2.28. The Hall–Kier alpha value is -2.46. The molecular weight excluding hydrogens is 511 g/mol. The Morgan fingerprint density at radius 2 is 1.94 bits per heavy atom. The van der Waals surface area contributed by atoms with Crippen LogP contribution < -0.4 is 10.1 Å². The number of benzene rings is 2. The molecule has 1 fully saturated rings. The first-order valence-corrected chi connectivity index (χ1v) is 14.0. The van der Waals surface area contributed by atoms with E-state index in [0.717, 1.165) is 24.2 Å². The molecule has 1 aromatic heterocycles. The van der Waals surface area contributed by atoms with Gasteiger partial charge in [-0.1, -0.05) is 41.9 Å². The van der Waals surface area contributed by atoms with Gasteiger partial charge in [0.05, 0.1) is 10.9 Å². The van der Waals surface area contributed by atoms with Gasteiger partial charge in [-0.2, -0.15) is 4.31 Å². The van der Waals surface area contributed by atoms with Crippen molar-refractivity contribution in [3.05, 3.63) is 81.9 Å². The van der Waals surface area contributed by atoms with E-state index in [-0.39, 0.29) is 29.1 Å². The number of sulfonamides is 1. The standard InChI is InChI=1S/C25H26ClFN2O4S2/c26-23-11-12-24(34-23)35(31,32)29(22-10-3-4-14-28-25(22)30)17-18-6-5-8-20(16-18)33-15-13-19-7-1-2-9-21(19)27/h1-2,5-9,11-12,16,22H,3-4,10,13-15,17H2,(H,28,30)/t22-/m0/s1. The van der Waals surface area contributed by atoms with Crippen molar-refractivity contribution in [1.82, 2.24) is 9.62 Å². The zero-order valence-electron chi connectivity index (χ0n) is 19.0. The molecule has 0 aliphatic carbocycles. The number of rotatable bonds is 9. The molecular formula is C25H26ClFN2O4S2. The van der Waals surface area contributed by atoms with Crippen LogP contribution >= 0.6 is 22.9 Å². The lowest BCUT2D eigenvalue weighted by atomic mass is 10.1. The highest BCUT2D eigenvalue weighted by atomic mass is 35.5. The van der Waals surface area contributed by atoms with Crippen LogP contribution in [0.2, 0.25) is 4.34 Å². The fourth-order valence-electron chi connectivity index (χ4n) is 4.01. The average molecular weight is 537 g/mol. The van der Waals surface area contributed by atoms with Crippen LogP contribution in [0.3, 0.4) is 0 Å². The first kappa shape index (κ1) is 25.6. The average Bonchev–Trinajstić information content (AvgIpc) is 3.18. The van der Waals surface area contributed by atoms with E-state index in [1.165, 1.54) is 22.5 Å². The first-order chi connectivity index (χ1) is 16.8. The summed E-state index contributed by atoms with van der Waals surface area (Å²) in [4.78, 5) is 12.8. The molecule has 1 aliphatic rings. The van der Waals surface area contributed by atoms with Gasteiger partial charge in [0.1, 0.15) is 21.8 Å².